The number of benzene rings is 1. The minimum absolute atomic E-state index is 0. The first-order valence-electron chi connectivity index (χ1n) is 9.59. The zero-order valence-corrected chi connectivity index (χ0v) is 20.2. The number of hydrogen-bond acceptors (Lipinski definition) is 5. The van der Waals surface area contributed by atoms with E-state index in [1.165, 1.54) is 0 Å². The van der Waals surface area contributed by atoms with Crippen LogP contribution in [0.3, 0.4) is 0 Å². The van der Waals surface area contributed by atoms with Crippen LogP contribution in [0.25, 0.3) is 0 Å². The van der Waals surface area contributed by atoms with Crippen molar-refractivity contribution in [2.45, 2.75) is 26.4 Å². The maximum Gasteiger partial charge on any atom is 0.191 e. The molecule has 0 spiro atoms. The summed E-state index contributed by atoms with van der Waals surface area (Å²) in [5.41, 5.74) is 0. The lowest BCUT2D eigenvalue weighted by Gasteiger charge is -2.18. The monoisotopic (exact) mass is 508 g/mol. The van der Waals surface area contributed by atoms with Gasteiger partial charge in [0.2, 0.25) is 0 Å². The van der Waals surface area contributed by atoms with E-state index in [4.69, 9.17) is 14.2 Å². The van der Waals surface area contributed by atoms with E-state index >= 15 is 0 Å². The molecule has 162 valence electrons. The van der Waals surface area contributed by atoms with Crippen LogP contribution < -0.4 is 20.1 Å². The van der Waals surface area contributed by atoms with Gasteiger partial charge in [0.25, 0.3) is 0 Å². The molecule has 0 heterocycles. The van der Waals surface area contributed by atoms with Crippen molar-refractivity contribution in [1.29, 1.82) is 0 Å². The van der Waals surface area contributed by atoms with E-state index in [9.17, 15) is 0 Å². The highest BCUT2D eigenvalue weighted by Gasteiger charge is 2.05. The molecule has 0 aromatic heterocycles. The van der Waals surface area contributed by atoms with Gasteiger partial charge in [-0.3, -0.25) is 0 Å². The summed E-state index contributed by atoms with van der Waals surface area (Å²) in [5.74, 6) is 2.45. The number of guanidine groups is 1. The third kappa shape index (κ3) is 12.2. The third-order valence-corrected chi connectivity index (χ3v) is 3.92. The van der Waals surface area contributed by atoms with Crippen LogP contribution in [0.4, 0.5) is 0 Å². The summed E-state index contributed by atoms with van der Waals surface area (Å²) < 4.78 is 16.1. The Bertz CT molecular complexity index is 529. The smallest absolute Gasteiger partial charge is 0.191 e. The molecule has 0 bridgehead atoms. The number of nitrogens with one attached hydrogen (secondary N) is 2. The van der Waals surface area contributed by atoms with Gasteiger partial charge in [-0.1, -0.05) is 0 Å². The van der Waals surface area contributed by atoms with E-state index in [0.29, 0.717) is 6.54 Å². The Hall–Kier alpha value is -1.26. The molecule has 0 aliphatic heterocycles. The van der Waals surface area contributed by atoms with Gasteiger partial charge in [-0.05, 0) is 51.6 Å². The second kappa shape index (κ2) is 16.7. The third-order valence-electron chi connectivity index (χ3n) is 3.92. The SMILES string of the molecule is CCNC(=NCC(C)Oc1ccc(OC)cc1)NCCN(C)CCCOC.I. The van der Waals surface area contributed by atoms with E-state index in [-0.39, 0.29) is 30.1 Å². The van der Waals surface area contributed by atoms with Crippen LogP contribution in [0.1, 0.15) is 20.3 Å². The van der Waals surface area contributed by atoms with E-state index < -0.39 is 0 Å². The normalized spacial score (nSPS) is 12.3. The molecule has 1 unspecified atom stereocenters. The molecule has 1 aromatic rings. The molecular weight excluding hydrogens is 471 g/mol. The van der Waals surface area contributed by atoms with Crippen molar-refractivity contribution in [3.8, 4) is 11.5 Å². The van der Waals surface area contributed by atoms with E-state index in [1.54, 1.807) is 14.2 Å². The van der Waals surface area contributed by atoms with Gasteiger partial charge in [-0.15, -0.1) is 24.0 Å². The first kappa shape index (κ1) is 26.7. The lowest BCUT2D eigenvalue weighted by atomic mass is 10.3. The largest absolute Gasteiger partial charge is 0.497 e. The van der Waals surface area contributed by atoms with Gasteiger partial charge >= 0.3 is 0 Å². The lowest BCUT2D eigenvalue weighted by Crippen LogP contribution is -2.41. The summed E-state index contributed by atoms with van der Waals surface area (Å²) in [6.07, 6.45) is 1.02. The summed E-state index contributed by atoms with van der Waals surface area (Å²) >= 11 is 0. The number of nitrogens with zero attached hydrogens (tertiary/aromatic N) is 2. The molecule has 7 nitrogen and oxygen atoms in total. The van der Waals surface area contributed by atoms with Gasteiger partial charge in [-0.2, -0.15) is 0 Å². The van der Waals surface area contributed by atoms with Crippen LogP contribution >= 0.6 is 24.0 Å². The van der Waals surface area contributed by atoms with Gasteiger partial charge in [-0.25, -0.2) is 4.99 Å². The molecule has 1 rings (SSSR count). The maximum atomic E-state index is 5.90. The number of ether oxygens (including phenoxy) is 3. The Labute approximate surface area is 187 Å². The molecule has 0 saturated heterocycles. The topological polar surface area (TPSA) is 67.4 Å². The predicted molar refractivity (Wildman–Crippen MR) is 126 cm³/mol. The number of hydrogen-bond donors (Lipinski definition) is 2. The van der Waals surface area contributed by atoms with Crippen molar-refractivity contribution in [2.24, 2.45) is 4.99 Å². The zero-order chi connectivity index (χ0) is 19.9. The van der Waals surface area contributed by atoms with Gasteiger partial charge in [0.15, 0.2) is 5.96 Å². The average molecular weight is 508 g/mol. The van der Waals surface area contributed by atoms with E-state index in [0.717, 1.165) is 56.7 Å². The molecule has 1 aromatic carbocycles. The second-order valence-electron chi connectivity index (χ2n) is 6.40. The molecule has 0 fully saturated rings. The molecule has 0 aliphatic rings. The Morgan fingerprint density at radius 1 is 1.11 bits per heavy atom. The van der Waals surface area contributed by atoms with Crippen LogP contribution in [0.15, 0.2) is 29.3 Å². The Morgan fingerprint density at radius 2 is 1.79 bits per heavy atom. The van der Waals surface area contributed by atoms with Gasteiger partial charge < -0.3 is 29.7 Å². The van der Waals surface area contributed by atoms with Gasteiger partial charge in [0, 0.05) is 39.9 Å². The fraction of sp³-hybridized carbons (Fsp3) is 0.650. The maximum absolute atomic E-state index is 5.90. The second-order valence-corrected chi connectivity index (χ2v) is 6.40. The molecule has 8 heteroatoms. The number of methoxy groups -OCH3 is 2. The fourth-order valence-corrected chi connectivity index (χ4v) is 2.44. The molecule has 0 aliphatic carbocycles. The molecular formula is C20H37IN4O3. The van der Waals surface area contributed by atoms with Crippen LogP contribution in [0.5, 0.6) is 11.5 Å². The molecule has 2 N–H and O–H groups in total. The quantitative estimate of drug-likeness (QED) is 0.185. The van der Waals surface area contributed by atoms with E-state index in [2.05, 4.69) is 34.5 Å². The molecule has 1 atom stereocenters. The summed E-state index contributed by atoms with van der Waals surface area (Å²) in [5, 5.41) is 6.64. The fourth-order valence-electron chi connectivity index (χ4n) is 2.44. The van der Waals surface area contributed by atoms with Crippen LogP contribution in [0.2, 0.25) is 0 Å². The summed E-state index contributed by atoms with van der Waals surface area (Å²) in [7, 11) is 5.51. The highest BCUT2D eigenvalue weighted by molar-refractivity contribution is 14.0. The zero-order valence-electron chi connectivity index (χ0n) is 17.9. The van der Waals surface area contributed by atoms with Crippen molar-refractivity contribution in [1.82, 2.24) is 15.5 Å². The molecule has 0 saturated carbocycles. The first-order valence-corrected chi connectivity index (χ1v) is 9.59. The average Bonchev–Trinajstić information content (AvgIpc) is 2.67. The first-order chi connectivity index (χ1) is 13.1. The van der Waals surface area contributed by atoms with E-state index in [1.807, 2.05) is 31.2 Å². The Balaban J connectivity index is 0.00000729. The van der Waals surface area contributed by atoms with Crippen molar-refractivity contribution < 1.29 is 14.2 Å². The summed E-state index contributed by atoms with van der Waals surface area (Å²) in [4.78, 5) is 6.90. The number of aliphatic imine (C=N–C) groups is 1. The van der Waals surface area contributed by atoms with Crippen molar-refractivity contribution in [2.75, 3.05) is 60.6 Å². The van der Waals surface area contributed by atoms with Gasteiger partial charge in [0.1, 0.15) is 17.6 Å². The van der Waals surface area contributed by atoms with Crippen LogP contribution in [-0.4, -0.2) is 77.6 Å². The number of likely N-dealkylation sites (N-methyl/N-ethyl adjacent to an activating group) is 1. The summed E-state index contributed by atoms with van der Waals surface area (Å²) in [6, 6.07) is 7.59. The van der Waals surface area contributed by atoms with Crippen molar-refractivity contribution in [3.63, 3.8) is 0 Å². The molecule has 0 radical (unpaired) electrons. The lowest BCUT2D eigenvalue weighted by molar-refractivity contribution is 0.180. The van der Waals surface area contributed by atoms with Crippen molar-refractivity contribution in [3.05, 3.63) is 24.3 Å². The Kier molecular flexibility index (Phi) is 15.9. The molecule has 28 heavy (non-hydrogen) atoms. The minimum atomic E-state index is -0.0226. The summed E-state index contributed by atoms with van der Waals surface area (Å²) in [6.45, 7) is 9.08. The minimum Gasteiger partial charge on any atom is -0.497 e. The van der Waals surface area contributed by atoms with Gasteiger partial charge in [0.05, 0.1) is 13.7 Å². The highest BCUT2D eigenvalue weighted by atomic mass is 127. The number of halogens is 1. The van der Waals surface area contributed by atoms with Crippen LogP contribution in [-0.2, 0) is 4.74 Å². The molecule has 0 amide bonds. The predicted octanol–water partition coefficient (Wildman–Crippen LogP) is 2.60. The van der Waals surface area contributed by atoms with Crippen molar-refractivity contribution >= 4 is 29.9 Å². The Morgan fingerprint density at radius 3 is 2.39 bits per heavy atom. The van der Waals surface area contributed by atoms with Crippen LogP contribution in [0, 0.1) is 0 Å². The standard InChI is InChI=1S/C20H36N4O3.HI/c1-6-21-20(22-12-14-24(3)13-7-15-25-4)23-16-17(2)27-19-10-8-18(26-5)9-11-19;/h8-11,17H,6-7,12-16H2,1-5H3,(H2,21,22,23);1H. The number of rotatable bonds is 13. The highest BCUT2D eigenvalue weighted by Crippen LogP contribution is 2.18.